The lowest BCUT2D eigenvalue weighted by atomic mass is 10.1. The van der Waals surface area contributed by atoms with Crippen molar-refractivity contribution in [1.82, 2.24) is 9.88 Å². The zero-order valence-corrected chi connectivity index (χ0v) is 16.5. The smallest absolute Gasteiger partial charge is 0.254 e. The molecule has 1 saturated heterocycles. The molecule has 1 aliphatic heterocycles. The van der Waals surface area contributed by atoms with Crippen LogP contribution in [0, 0.1) is 0 Å². The molecule has 1 amide bonds. The Balaban J connectivity index is 1.89. The van der Waals surface area contributed by atoms with Crippen molar-refractivity contribution in [3.8, 4) is 0 Å². The number of ether oxygens (including phenoxy) is 1. The zero-order chi connectivity index (χ0) is 19.4. The number of rotatable bonds is 6. The molecule has 0 spiro atoms. The maximum absolute atomic E-state index is 13.1. The fourth-order valence-corrected chi connectivity index (χ4v) is 4.37. The first-order valence-corrected chi connectivity index (χ1v) is 10.9. The Bertz CT molecular complexity index is 913. The second-order valence-corrected chi connectivity index (χ2v) is 8.99. The van der Waals surface area contributed by atoms with Crippen molar-refractivity contribution in [2.45, 2.75) is 30.4 Å². The van der Waals surface area contributed by atoms with Crippen molar-refractivity contribution < 1.29 is 17.9 Å². The second-order valence-electron chi connectivity index (χ2n) is 6.60. The van der Waals surface area contributed by atoms with E-state index in [1.807, 2.05) is 12.1 Å². The minimum absolute atomic E-state index is 0.0210. The van der Waals surface area contributed by atoms with Gasteiger partial charge in [-0.2, -0.15) is 0 Å². The number of benzene rings is 1. The van der Waals surface area contributed by atoms with Crippen molar-refractivity contribution in [1.29, 1.82) is 0 Å². The Hall–Kier alpha value is -1.96. The molecule has 0 bridgehead atoms. The van der Waals surface area contributed by atoms with Crippen LogP contribution >= 0.6 is 11.6 Å². The van der Waals surface area contributed by atoms with Gasteiger partial charge >= 0.3 is 0 Å². The summed E-state index contributed by atoms with van der Waals surface area (Å²) in [4.78, 5) is 18.9. The fourth-order valence-electron chi connectivity index (χ4n) is 3.07. The second kappa shape index (κ2) is 8.37. The van der Waals surface area contributed by atoms with Gasteiger partial charge in [0.05, 0.1) is 16.0 Å². The third-order valence-corrected chi connectivity index (χ3v) is 5.99. The lowest BCUT2D eigenvalue weighted by molar-refractivity contribution is 0.0507. The molecule has 1 atom stereocenters. The topological polar surface area (TPSA) is 76.6 Å². The van der Waals surface area contributed by atoms with E-state index in [0.717, 1.165) is 24.7 Å². The highest BCUT2D eigenvalue weighted by molar-refractivity contribution is 7.90. The molecule has 1 unspecified atom stereocenters. The monoisotopic (exact) mass is 408 g/mol. The average molecular weight is 409 g/mol. The van der Waals surface area contributed by atoms with Gasteiger partial charge in [-0.25, -0.2) is 8.42 Å². The van der Waals surface area contributed by atoms with E-state index in [-0.39, 0.29) is 27.5 Å². The molecule has 3 rings (SSSR count). The molecule has 0 saturated carbocycles. The highest BCUT2D eigenvalue weighted by atomic mass is 35.5. The molecule has 1 aliphatic rings. The summed E-state index contributed by atoms with van der Waals surface area (Å²) in [5, 5.41) is 0.104. The Morgan fingerprint density at radius 1 is 1.37 bits per heavy atom. The van der Waals surface area contributed by atoms with E-state index in [9.17, 15) is 13.2 Å². The van der Waals surface area contributed by atoms with Crippen LogP contribution in [0.3, 0.4) is 0 Å². The quantitative estimate of drug-likeness (QED) is 0.734. The summed E-state index contributed by atoms with van der Waals surface area (Å²) in [6, 6.07) is 8.04. The summed E-state index contributed by atoms with van der Waals surface area (Å²) in [5.74, 6) is -0.268. The van der Waals surface area contributed by atoms with Crippen LogP contribution in [0.1, 0.15) is 28.8 Å². The predicted molar refractivity (Wildman–Crippen MR) is 103 cm³/mol. The molecular formula is C19H21ClN2O4S. The number of carbonyl (C=O) groups is 1. The lowest BCUT2D eigenvalue weighted by Gasteiger charge is -2.26. The highest BCUT2D eigenvalue weighted by Crippen LogP contribution is 2.24. The molecule has 0 radical (unpaired) electrons. The molecule has 2 heterocycles. The van der Waals surface area contributed by atoms with Crippen LogP contribution in [0.2, 0.25) is 5.02 Å². The number of aromatic nitrogens is 1. The van der Waals surface area contributed by atoms with Crippen molar-refractivity contribution in [2.75, 3.05) is 19.4 Å². The van der Waals surface area contributed by atoms with E-state index in [4.69, 9.17) is 16.3 Å². The van der Waals surface area contributed by atoms with Gasteiger partial charge in [0.25, 0.3) is 5.91 Å². The van der Waals surface area contributed by atoms with Crippen LogP contribution in [0.25, 0.3) is 0 Å². The minimum Gasteiger partial charge on any atom is -0.376 e. The Morgan fingerprint density at radius 3 is 2.81 bits per heavy atom. The van der Waals surface area contributed by atoms with Crippen LogP contribution in [0.5, 0.6) is 0 Å². The van der Waals surface area contributed by atoms with Crippen LogP contribution in [-0.2, 0) is 21.1 Å². The summed E-state index contributed by atoms with van der Waals surface area (Å²) < 4.78 is 29.5. The highest BCUT2D eigenvalue weighted by Gasteiger charge is 2.25. The summed E-state index contributed by atoms with van der Waals surface area (Å²) in [6.07, 6.45) is 6.30. The van der Waals surface area contributed by atoms with Crippen molar-refractivity contribution in [2.24, 2.45) is 0 Å². The van der Waals surface area contributed by atoms with Crippen molar-refractivity contribution >= 4 is 27.3 Å². The van der Waals surface area contributed by atoms with E-state index in [1.165, 1.54) is 12.1 Å². The molecule has 1 aromatic carbocycles. The van der Waals surface area contributed by atoms with E-state index < -0.39 is 9.84 Å². The summed E-state index contributed by atoms with van der Waals surface area (Å²) >= 11 is 6.00. The van der Waals surface area contributed by atoms with Gasteiger partial charge in [0.1, 0.15) is 0 Å². The Morgan fingerprint density at radius 2 is 2.19 bits per heavy atom. The first-order valence-electron chi connectivity index (χ1n) is 8.64. The molecule has 1 fully saturated rings. The Labute approximate surface area is 164 Å². The van der Waals surface area contributed by atoms with Gasteiger partial charge in [0.15, 0.2) is 9.84 Å². The van der Waals surface area contributed by atoms with E-state index in [0.29, 0.717) is 19.7 Å². The normalized spacial score (nSPS) is 17.0. The number of hydrogen-bond acceptors (Lipinski definition) is 5. The SMILES string of the molecule is CS(=O)(=O)c1cc(C(=O)N(Cc2cccnc2)CC2CCCO2)ccc1Cl. The number of carbonyl (C=O) groups excluding carboxylic acids is 1. The molecule has 6 nitrogen and oxygen atoms in total. The maximum Gasteiger partial charge on any atom is 0.254 e. The van der Waals surface area contributed by atoms with Gasteiger partial charge in [0, 0.05) is 43.9 Å². The van der Waals surface area contributed by atoms with Crippen molar-refractivity contribution in [3.05, 3.63) is 58.9 Å². The molecular weight excluding hydrogens is 388 g/mol. The largest absolute Gasteiger partial charge is 0.376 e. The summed E-state index contributed by atoms with van der Waals surface area (Å²) in [7, 11) is -3.53. The average Bonchev–Trinajstić information content (AvgIpc) is 3.14. The van der Waals surface area contributed by atoms with Gasteiger partial charge in [0.2, 0.25) is 0 Å². The number of sulfone groups is 1. The number of hydrogen-bond donors (Lipinski definition) is 0. The summed E-state index contributed by atoms with van der Waals surface area (Å²) in [5.41, 5.74) is 1.17. The molecule has 0 aliphatic carbocycles. The van der Waals surface area contributed by atoms with Gasteiger partial charge in [-0.05, 0) is 42.7 Å². The molecule has 0 N–H and O–H groups in total. The van der Waals surface area contributed by atoms with Crippen LogP contribution in [0.15, 0.2) is 47.6 Å². The molecule has 2 aromatic rings. The molecule has 144 valence electrons. The number of halogens is 1. The molecule has 1 aromatic heterocycles. The van der Waals surface area contributed by atoms with Crippen molar-refractivity contribution in [3.63, 3.8) is 0 Å². The maximum atomic E-state index is 13.1. The van der Waals surface area contributed by atoms with Gasteiger partial charge < -0.3 is 9.64 Å². The van der Waals surface area contributed by atoms with E-state index in [1.54, 1.807) is 23.4 Å². The third-order valence-electron chi connectivity index (χ3n) is 4.41. The fraction of sp³-hybridized carbons (Fsp3) is 0.368. The predicted octanol–water partition coefficient (Wildman–Crippen LogP) is 2.96. The number of nitrogens with zero attached hydrogens (tertiary/aromatic N) is 2. The standard InChI is InChI=1S/C19H21ClN2O4S/c1-27(24,25)18-10-15(6-7-17(18)20)19(23)22(13-16-5-3-9-26-16)12-14-4-2-8-21-11-14/h2,4,6-8,10-11,16H,3,5,9,12-13H2,1H3. The Kier molecular flexibility index (Phi) is 6.14. The molecule has 8 heteroatoms. The third kappa shape index (κ3) is 5.06. The molecule has 27 heavy (non-hydrogen) atoms. The van der Waals surface area contributed by atoms with Gasteiger partial charge in [-0.15, -0.1) is 0 Å². The van der Waals surface area contributed by atoms with Crippen LogP contribution < -0.4 is 0 Å². The summed E-state index contributed by atoms with van der Waals surface area (Å²) in [6.45, 7) is 1.49. The van der Waals surface area contributed by atoms with Crippen LogP contribution in [0.4, 0.5) is 0 Å². The van der Waals surface area contributed by atoms with E-state index in [2.05, 4.69) is 4.98 Å². The van der Waals surface area contributed by atoms with E-state index >= 15 is 0 Å². The lowest BCUT2D eigenvalue weighted by Crippen LogP contribution is -2.37. The number of pyridine rings is 1. The zero-order valence-electron chi connectivity index (χ0n) is 15.0. The minimum atomic E-state index is -3.53. The van der Waals surface area contributed by atoms with Gasteiger partial charge in [-0.1, -0.05) is 17.7 Å². The van der Waals surface area contributed by atoms with Crippen LogP contribution in [-0.4, -0.2) is 49.7 Å². The first-order chi connectivity index (χ1) is 12.8. The first kappa shape index (κ1) is 19.8. The number of amides is 1. The van der Waals surface area contributed by atoms with Gasteiger partial charge in [-0.3, -0.25) is 9.78 Å².